The van der Waals surface area contributed by atoms with Crippen molar-refractivity contribution in [2.24, 2.45) is 23.2 Å². The Labute approximate surface area is 172 Å². The average Bonchev–Trinajstić information content (AvgIpc) is 2.91. The van der Waals surface area contributed by atoms with E-state index in [4.69, 9.17) is 0 Å². The maximum atomic E-state index is 12.9. The Bertz CT molecular complexity index is 751. The van der Waals surface area contributed by atoms with Gasteiger partial charge in [0.15, 0.2) is 0 Å². The molecule has 7 nitrogen and oxygen atoms in total. The Kier molecular flexibility index (Phi) is 5.08. The zero-order chi connectivity index (χ0) is 19.8. The van der Waals surface area contributed by atoms with Crippen LogP contribution in [0, 0.1) is 23.2 Å². The van der Waals surface area contributed by atoms with Gasteiger partial charge in [0.25, 0.3) is 0 Å². The molecule has 0 radical (unpaired) electrons. The summed E-state index contributed by atoms with van der Waals surface area (Å²) in [7, 11) is 0. The lowest BCUT2D eigenvalue weighted by Gasteiger charge is -2.55. The van der Waals surface area contributed by atoms with Crippen molar-refractivity contribution in [3.8, 4) is 0 Å². The predicted octanol–water partition coefficient (Wildman–Crippen LogP) is 2.00. The highest BCUT2D eigenvalue weighted by molar-refractivity contribution is 5.88. The normalized spacial score (nSPS) is 32.5. The van der Waals surface area contributed by atoms with Crippen LogP contribution < -0.4 is 10.6 Å². The van der Waals surface area contributed by atoms with E-state index in [1.165, 1.54) is 38.5 Å². The Morgan fingerprint density at radius 2 is 1.69 bits per heavy atom. The molecule has 6 rings (SSSR count). The molecular formula is C22H33N5O2. The van der Waals surface area contributed by atoms with E-state index in [0.29, 0.717) is 13.0 Å². The monoisotopic (exact) mass is 399 g/mol. The second kappa shape index (κ2) is 7.73. The zero-order valence-corrected chi connectivity index (χ0v) is 17.3. The van der Waals surface area contributed by atoms with Gasteiger partial charge in [-0.05, 0) is 69.1 Å². The maximum absolute atomic E-state index is 12.9. The fraction of sp³-hybridized carbons (Fsp3) is 0.818. The van der Waals surface area contributed by atoms with E-state index in [2.05, 4.69) is 25.4 Å². The van der Waals surface area contributed by atoms with Crippen molar-refractivity contribution in [3.63, 3.8) is 0 Å². The van der Waals surface area contributed by atoms with Crippen LogP contribution in [0.2, 0.25) is 0 Å². The standard InChI is InChI=1S/C22H33N5O2/c28-20(23-6-5-19-26-25-18-4-2-1-3-7-27(18)19)14-24-21(29)22-11-15-8-16(12-22)10-17(9-15)13-22/h15-17H,1-14H2,(H,23,28)(H,24,29). The predicted molar refractivity (Wildman–Crippen MR) is 108 cm³/mol. The minimum atomic E-state index is -0.186. The minimum absolute atomic E-state index is 0.0819. The van der Waals surface area contributed by atoms with Gasteiger partial charge in [-0.25, -0.2) is 0 Å². The van der Waals surface area contributed by atoms with E-state index < -0.39 is 0 Å². The Morgan fingerprint density at radius 3 is 2.41 bits per heavy atom. The van der Waals surface area contributed by atoms with Crippen molar-refractivity contribution < 1.29 is 9.59 Å². The molecule has 2 heterocycles. The van der Waals surface area contributed by atoms with Gasteiger partial charge in [-0.1, -0.05) is 6.42 Å². The van der Waals surface area contributed by atoms with Crippen LogP contribution in [-0.4, -0.2) is 39.7 Å². The molecule has 0 spiro atoms. The summed E-state index contributed by atoms with van der Waals surface area (Å²) in [6.07, 6.45) is 12.3. The van der Waals surface area contributed by atoms with Crippen LogP contribution in [0.1, 0.15) is 69.4 Å². The van der Waals surface area contributed by atoms with Crippen LogP contribution in [0.25, 0.3) is 0 Å². The molecule has 2 N–H and O–H groups in total. The number of aromatic nitrogens is 3. The third-order valence-electron chi connectivity index (χ3n) is 7.79. The SMILES string of the molecule is O=C(CNC(=O)C12CC3CC(CC(C3)C1)C2)NCCc1nnc2n1CCCCC2. The van der Waals surface area contributed by atoms with Crippen molar-refractivity contribution in [2.75, 3.05) is 13.1 Å². The van der Waals surface area contributed by atoms with Gasteiger partial charge in [-0.3, -0.25) is 9.59 Å². The van der Waals surface area contributed by atoms with Crippen LogP contribution in [0.5, 0.6) is 0 Å². The first-order chi connectivity index (χ1) is 14.1. The van der Waals surface area contributed by atoms with Gasteiger partial charge < -0.3 is 15.2 Å². The largest absolute Gasteiger partial charge is 0.354 e. The highest BCUT2D eigenvalue weighted by Gasteiger charge is 2.54. The fourth-order valence-corrected chi connectivity index (χ4v) is 6.84. The second-order valence-electron chi connectivity index (χ2n) is 9.98. The number of hydrogen-bond donors (Lipinski definition) is 2. The lowest BCUT2D eigenvalue weighted by Crippen LogP contribution is -2.54. The fourth-order valence-electron chi connectivity index (χ4n) is 6.84. The summed E-state index contributed by atoms with van der Waals surface area (Å²) in [4.78, 5) is 25.2. The minimum Gasteiger partial charge on any atom is -0.354 e. The first kappa shape index (κ1) is 19.1. The number of nitrogens with one attached hydrogen (secondary N) is 2. The topological polar surface area (TPSA) is 88.9 Å². The van der Waals surface area contributed by atoms with Gasteiger partial charge in [0, 0.05) is 31.3 Å². The molecule has 0 atom stereocenters. The summed E-state index contributed by atoms with van der Waals surface area (Å²) in [5.74, 6) is 4.25. The van der Waals surface area contributed by atoms with Crippen molar-refractivity contribution in [3.05, 3.63) is 11.6 Å². The summed E-state index contributed by atoms with van der Waals surface area (Å²) in [5, 5.41) is 14.5. The van der Waals surface area contributed by atoms with E-state index in [9.17, 15) is 9.59 Å². The quantitative estimate of drug-likeness (QED) is 0.766. The Balaban J connectivity index is 1.08. The van der Waals surface area contributed by atoms with Crippen molar-refractivity contribution in [1.29, 1.82) is 0 Å². The van der Waals surface area contributed by atoms with E-state index in [0.717, 1.165) is 61.6 Å². The van der Waals surface area contributed by atoms with Crippen molar-refractivity contribution in [2.45, 2.75) is 77.2 Å². The van der Waals surface area contributed by atoms with Gasteiger partial charge >= 0.3 is 0 Å². The molecule has 5 aliphatic rings. The zero-order valence-electron chi connectivity index (χ0n) is 17.3. The van der Waals surface area contributed by atoms with Crippen molar-refractivity contribution in [1.82, 2.24) is 25.4 Å². The van der Waals surface area contributed by atoms with Crippen LogP contribution in [0.4, 0.5) is 0 Å². The number of amides is 2. The van der Waals surface area contributed by atoms with E-state index >= 15 is 0 Å². The van der Waals surface area contributed by atoms with Gasteiger partial charge in [0.2, 0.25) is 11.8 Å². The molecule has 2 amide bonds. The first-order valence-corrected chi connectivity index (χ1v) is 11.6. The Hall–Kier alpha value is -1.92. The molecular weight excluding hydrogens is 366 g/mol. The average molecular weight is 400 g/mol. The highest BCUT2D eigenvalue weighted by Crippen LogP contribution is 2.60. The molecule has 1 aromatic heterocycles. The van der Waals surface area contributed by atoms with Gasteiger partial charge in [-0.15, -0.1) is 10.2 Å². The number of aryl methyl sites for hydroxylation is 1. The number of hydrogen-bond acceptors (Lipinski definition) is 4. The van der Waals surface area contributed by atoms with Crippen molar-refractivity contribution >= 4 is 11.8 Å². The highest BCUT2D eigenvalue weighted by atomic mass is 16.2. The number of rotatable bonds is 6. The lowest BCUT2D eigenvalue weighted by atomic mass is 9.49. The summed E-state index contributed by atoms with van der Waals surface area (Å²) in [6, 6.07) is 0. The summed E-state index contributed by atoms with van der Waals surface area (Å²) >= 11 is 0. The van der Waals surface area contributed by atoms with Gasteiger partial charge in [-0.2, -0.15) is 0 Å². The molecule has 4 saturated carbocycles. The molecule has 0 aromatic carbocycles. The van der Waals surface area contributed by atoms with Crippen LogP contribution in [-0.2, 0) is 29.0 Å². The van der Waals surface area contributed by atoms with E-state index in [1.54, 1.807) is 0 Å². The number of fused-ring (bicyclic) bond motifs is 1. The molecule has 4 aliphatic carbocycles. The van der Waals surface area contributed by atoms with Crippen LogP contribution >= 0.6 is 0 Å². The summed E-state index contributed by atoms with van der Waals surface area (Å²) in [6.45, 7) is 1.59. The third kappa shape index (κ3) is 3.80. The second-order valence-corrected chi connectivity index (χ2v) is 9.98. The third-order valence-corrected chi connectivity index (χ3v) is 7.79. The number of carbonyl (C=O) groups excluding carboxylic acids is 2. The molecule has 4 bridgehead atoms. The van der Waals surface area contributed by atoms with Gasteiger partial charge in [0.05, 0.1) is 6.54 Å². The molecule has 158 valence electrons. The maximum Gasteiger partial charge on any atom is 0.239 e. The molecule has 0 saturated heterocycles. The van der Waals surface area contributed by atoms with Crippen LogP contribution in [0.3, 0.4) is 0 Å². The van der Waals surface area contributed by atoms with Crippen LogP contribution in [0.15, 0.2) is 0 Å². The number of nitrogens with zero attached hydrogens (tertiary/aromatic N) is 3. The molecule has 29 heavy (non-hydrogen) atoms. The number of carbonyl (C=O) groups is 2. The first-order valence-electron chi connectivity index (χ1n) is 11.6. The molecule has 4 fully saturated rings. The summed E-state index contributed by atoms with van der Waals surface area (Å²) < 4.78 is 2.22. The molecule has 7 heteroatoms. The molecule has 1 aliphatic heterocycles. The van der Waals surface area contributed by atoms with E-state index in [1.807, 2.05) is 0 Å². The smallest absolute Gasteiger partial charge is 0.239 e. The molecule has 0 unspecified atom stereocenters. The Morgan fingerprint density at radius 1 is 0.966 bits per heavy atom. The lowest BCUT2D eigenvalue weighted by molar-refractivity contribution is -0.147. The van der Waals surface area contributed by atoms with E-state index in [-0.39, 0.29) is 23.8 Å². The summed E-state index contributed by atoms with van der Waals surface area (Å²) in [5.41, 5.74) is -0.186. The van der Waals surface area contributed by atoms with Gasteiger partial charge in [0.1, 0.15) is 11.6 Å². The molecule has 1 aromatic rings.